The standard InChI is InChI=1S/C26H29N3O6S/c1-16-12-21(36(33,34)28-10-11-35-3)15-27-25(16)19-6-9-23-18(13-19)5-4-17(2)29(23)26(32)22-8-7-20(30)14-24(22)31/h6-9,12-15,17,28,30-31H,4-5,10-11H2,1-3H3/t17-/m0/s1. The molecule has 190 valence electrons. The molecule has 9 nitrogen and oxygen atoms in total. The Morgan fingerprint density at radius 1 is 1.19 bits per heavy atom. The van der Waals surface area contributed by atoms with E-state index in [1.807, 2.05) is 32.0 Å². The van der Waals surface area contributed by atoms with Crippen molar-refractivity contribution in [2.75, 3.05) is 25.2 Å². The van der Waals surface area contributed by atoms with Gasteiger partial charge in [0.2, 0.25) is 10.0 Å². The summed E-state index contributed by atoms with van der Waals surface area (Å²) >= 11 is 0. The maximum atomic E-state index is 13.3. The van der Waals surface area contributed by atoms with E-state index in [0.29, 0.717) is 11.3 Å². The molecule has 0 spiro atoms. The smallest absolute Gasteiger partial charge is 0.262 e. The van der Waals surface area contributed by atoms with Crippen molar-refractivity contribution in [2.24, 2.45) is 0 Å². The van der Waals surface area contributed by atoms with Gasteiger partial charge in [0.25, 0.3) is 5.91 Å². The molecule has 2 aromatic carbocycles. The minimum atomic E-state index is -3.70. The van der Waals surface area contributed by atoms with Crippen LogP contribution in [-0.2, 0) is 21.2 Å². The fraction of sp³-hybridized carbons (Fsp3) is 0.308. The van der Waals surface area contributed by atoms with Gasteiger partial charge in [-0.15, -0.1) is 0 Å². The Morgan fingerprint density at radius 2 is 1.97 bits per heavy atom. The summed E-state index contributed by atoms with van der Waals surface area (Å²) in [7, 11) is -2.20. The van der Waals surface area contributed by atoms with Crippen LogP contribution >= 0.6 is 0 Å². The van der Waals surface area contributed by atoms with Gasteiger partial charge in [-0.2, -0.15) is 0 Å². The first kappa shape index (κ1) is 25.6. The molecule has 2 heterocycles. The van der Waals surface area contributed by atoms with Crippen molar-refractivity contribution in [1.82, 2.24) is 9.71 Å². The zero-order valence-corrected chi connectivity index (χ0v) is 21.2. The summed E-state index contributed by atoms with van der Waals surface area (Å²) in [5, 5.41) is 19.8. The van der Waals surface area contributed by atoms with Gasteiger partial charge >= 0.3 is 0 Å². The highest BCUT2D eigenvalue weighted by Crippen LogP contribution is 2.37. The first-order valence-electron chi connectivity index (χ1n) is 11.6. The normalized spacial score (nSPS) is 15.5. The van der Waals surface area contributed by atoms with Crippen LogP contribution in [0.1, 0.15) is 34.8 Å². The molecule has 1 atom stereocenters. The monoisotopic (exact) mass is 511 g/mol. The molecule has 1 aliphatic heterocycles. The van der Waals surface area contributed by atoms with Crippen molar-refractivity contribution >= 4 is 21.6 Å². The number of methoxy groups -OCH3 is 1. The number of aromatic nitrogens is 1. The Hall–Kier alpha value is -3.47. The number of nitrogens with zero attached hydrogens (tertiary/aromatic N) is 2. The number of nitrogens with one attached hydrogen (secondary N) is 1. The minimum Gasteiger partial charge on any atom is -0.508 e. The van der Waals surface area contributed by atoms with E-state index in [9.17, 15) is 23.4 Å². The number of ether oxygens (including phenoxy) is 1. The highest BCUT2D eigenvalue weighted by Gasteiger charge is 2.31. The van der Waals surface area contributed by atoms with E-state index in [4.69, 9.17) is 4.74 Å². The van der Waals surface area contributed by atoms with Crippen LogP contribution in [-0.4, -0.2) is 55.8 Å². The lowest BCUT2D eigenvalue weighted by Crippen LogP contribution is -2.42. The van der Waals surface area contributed by atoms with Gasteiger partial charge in [0.15, 0.2) is 0 Å². The van der Waals surface area contributed by atoms with Crippen molar-refractivity contribution in [3.63, 3.8) is 0 Å². The minimum absolute atomic E-state index is 0.0807. The van der Waals surface area contributed by atoms with Crippen LogP contribution in [0.3, 0.4) is 0 Å². The topological polar surface area (TPSA) is 129 Å². The van der Waals surface area contributed by atoms with Crippen LogP contribution in [0.5, 0.6) is 11.5 Å². The van der Waals surface area contributed by atoms with Gasteiger partial charge < -0.3 is 19.8 Å². The summed E-state index contributed by atoms with van der Waals surface area (Å²) in [5.41, 5.74) is 3.99. The third kappa shape index (κ3) is 5.06. The molecular formula is C26H29N3O6S. The molecule has 10 heteroatoms. The predicted octanol–water partition coefficient (Wildman–Crippen LogP) is 3.37. The number of phenols is 2. The summed E-state index contributed by atoms with van der Waals surface area (Å²) in [4.78, 5) is 19.5. The summed E-state index contributed by atoms with van der Waals surface area (Å²) in [6.07, 6.45) is 2.82. The lowest BCUT2D eigenvalue weighted by atomic mass is 9.92. The fourth-order valence-corrected chi connectivity index (χ4v) is 5.44. The molecule has 1 aromatic heterocycles. The number of hydrogen-bond donors (Lipinski definition) is 3. The number of aromatic hydroxyl groups is 2. The number of carbonyl (C=O) groups excluding carboxylic acids is 1. The zero-order valence-electron chi connectivity index (χ0n) is 20.4. The maximum absolute atomic E-state index is 13.3. The molecule has 4 rings (SSSR count). The van der Waals surface area contributed by atoms with E-state index in [2.05, 4.69) is 9.71 Å². The highest BCUT2D eigenvalue weighted by atomic mass is 32.2. The Labute approximate surface area is 210 Å². The van der Waals surface area contributed by atoms with Gasteiger partial charge in [-0.3, -0.25) is 9.78 Å². The van der Waals surface area contributed by atoms with Crippen LogP contribution in [0.25, 0.3) is 11.3 Å². The number of amides is 1. The molecule has 3 N–H and O–H groups in total. The lowest BCUT2D eigenvalue weighted by Gasteiger charge is -2.35. The number of pyridine rings is 1. The average molecular weight is 512 g/mol. The number of phenolic OH excluding ortho intramolecular Hbond substituents is 2. The van der Waals surface area contributed by atoms with Gasteiger partial charge in [0, 0.05) is 43.2 Å². The molecule has 0 aliphatic carbocycles. The van der Waals surface area contributed by atoms with Gasteiger partial charge in [-0.1, -0.05) is 6.07 Å². The van der Waals surface area contributed by atoms with Crippen LogP contribution in [0.4, 0.5) is 5.69 Å². The van der Waals surface area contributed by atoms with Crippen molar-refractivity contribution < 1.29 is 28.2 Å². The Balaban J connectivity index is 1.65. The van der Waals surface area contributed by atoms with Gasteiger partial charge in [0.05, 0.1) is 17.9 Å². The number of anilines is 1. The fourth-order valence-electron chi connectivity index (χ4n) is 4.40. The molecule has 0 saturated carbocycles. The van der Waals surface area contributed by atoms with Gasteiger partial charge in [-0.05, 0) is 68.1 Å². The number of hydrogen-bond acceptors (Lipinski definition) is 7. The molecule has 0 bridgehead atoms. The van der Waals surface area contributed by atoms with Crippen LogP contribution in [0.2, 0.25) is 0 Å². The number of benzene rings is 2. The SMILES string of the molecule is COCCNS(=O)(=O)c1cnc(-c2ccc3c(c2)CC[C@H](C)N3C(=O)c2ccc(O)cc2O)c(C)c1. The number of carbonyl (C=O) groups is 1. The lowest BCUT2D eigenvalue weighted by molar-refractivity contribution is 0.0972. The van der Waals surface area contributed by atoms with Crippen molar-refractivity contribution in [2.45, 2.75) is 37.6 Å². The second-order valence-corrected chi connectivity index (χ2v) is 10.6. The van der Waals surface area contributed by atoms with E-state index in [1.54, 1.807) is 11.0 Å². The quantitative estimate of drug-likeness (QED) is 0.415. The Morgan fingerprint density at radius 3 is 2.67 bits per heavy atom. The van der Waals surface area contributed by atoms with E-state index in [-0.39, 0.29) is 47.1 Å². The zero-order chi connectivity index (χ0) is 26.0. The number of fused-ring (bicyclic) bond motifs is 1. The van der Waals surface area contributed by atoms with Crippen molar-refractivity contribution in [3.05, 3.63) is 65.4 Å². The molecule has 3 aromatic rings. The van der Waals surface area contributed by atoms with E-state index < -0.39 is 10.0 Å². The molecule has 0 fully saturated rings. The number of rotatable bonds is 7. The van der Waals surface area contributed by atoms with Gasteiger partial charge in [0.1, 0.15) is 16.4 Å². The molecular weight excluding hydrogens is 482 g/mol. The van der Waals surface area contributed by atoms with Crippen molar-refractivity contribution in [3.8, 4) is 22.8 Å². The van der Waals surface area contributed by atoms with Crippen LogP contribution in [0, 0.1) is 6.92 Å². The van der Waals surface area contributed by atoms with Crippen LogP contribution in [0.15, 0.2) is 53.6 Å². The predicted molar refractivity (Wildman–Crippen MR) is 136 cm³/mol. The third-order valence-corrected chi connectivity index (χ3v) is 7.70. The maximum Gasteiger partial charge on any atom is 0.262 e. The van der Waals surface area contributed by atoms with E-state index in [0.717, 1.165) is 35.7 Å². The van der Waals surface area contributed by atoms with Crippen LogP contribution < -0.4 is 9.62 Å². The molecule has 0 unspecified atom stereocenters. The average Bonchev–Trinajstić information content (AvgIpc) is 2.83. The Kier molecular flexibility index (Phi) is 7.30. The number of aryl methyl sites for hydroxylation is 2. The molecule has 0 saturated heterocycles. The first-order valence-corrected chi connectivity index (χ1v) is 13.0. The second-order valence-electron chi connectivity index (χ2n) is 8.83. The molecule has 1 amide bonds. The second kappa shape index (κ2) is 10.3. The third-order valence-electron chi connectivity index (χ3n) is 6.28. The van der Waals surface area contributed by atoms with E-state index >= 15 is 0 Å². The summed E-state index contributed by atoms with van der Waals surface area (Å²) in [6.45, 7) is 4.20. The summed E-state index contributed by atoms with van der Waals surface area (Å²) in [5.74, 6) is -0.741. The molecule has 0 radical (unpaired) electrons. The first-order chi connectivity index (χ1) is 17.1. The molecule has 36 heavy (non-hydrogen) atoms. The largest absolute Gasteiger partial charge is 0.508 e. The Bertz CT molecular complexity index is 1410. The van der Waals surface area contributed by atoms with Crippen molar-refractivity contribution in [1.29, 1.82) is 0 Å². The summed E-state index contributed by atoms with van der Waals surface area (Å²) in [6, 6.07) is 11.1. The van der Waals surface area contributed by atoms with E-state index in [1.165, 1.54) is 25.4 Å². The number of sulfonamides is 1. The van der Waals surface area contributed by atoms with Gasteiger partial charge in [-0.25, -0.2) is 13.1 Å². The summed E-state index contributed by atoms with van der Waals surface area (Å²) < 4.78 is 32.4. The highest BCUT2D eigenvalue weighted by molar-refractivity contribution is 7.89. The molecule has 1 aliphatic rings.